The van der Waals surface area contributed by atoms with E-state index in [1.807, 2.05) is 11.9 Å². The average Bonchev–Trinajstić information content (AvgIpc) is 3.21. The zero-order valence-corrected chi connectivity index (χ0v) is 11.4. The van der Waals surface area contributed by atoms with Crippen LogP contribution in [-0.4, -0.2) is 52.2 Å². The molecule has 0 spiro atoms. The lowest BCUT2D eigenvalue weighted by Crippen LogP contribution is -2.38. The van der Waals surface area contributed by atoms with E-state index in [1.165, 1.54) is 0 Å². The molecule has 6 heteroatoms. The normalized spacial score (nSPS) is 23.9. The summed E-state index contributed by atoms with van der Waals surface area (Å²) in [6.07, 6.45) is 5.49. The monoisotopic (exact) mass is 263 g/mol. The Bertz CT molecular complexity index is 446. The molecule has 0 bridgehead atoms. The zero-order chi connectivity index (χ0) is 13.2. The lowest BCUT2D eigenvalue weighted by Gasteiger charge is -2.25. The van der Waals surface area contributed by atoms with Crippen LogP contribution in [0.25, 0.3) is 0 Å². The lowest BCUT2D eigenvalue weighted by atomic mass is 10.1. The molecule has 1 aliphatic heterocycles. The number of rotatable bonds is 3. The molecule has 1 aromatic heterocycles. The predicted molar refractivity (Wildman–Crippen MR) is 71.0 cm³/mol. The van der Waals surface area contributed by atoms with Crippen molar-refractivity contribution in [2.45, 2.75) is 44.1 Å². The molecule has 0 aromatic carbocycles. The second-order valence-corrected chi connectivity index (χ2v) is 5.57. The summed E-state index contributed by atoms with van der Waals surface area (Å²) >= 11 is 0. The van der Waals surface area contributed by atoms with Crippen molar-refractivity contribution < 1.29 is 4.79 Å². The zero-order valence-electron chi connectivity index (χ0n) is 11.4. The highest BCUT2D eigenvalue weighted by atomic mass is 16.2. The van der Waals surface area contributed by atoms with E-state index in [9.17, 15) is 4.79 Å². The largest absolute Gasteiger partial charge is 0.336 e. The highest BCUT2D eigenvalue weighted by molar-refractivity contribution is 5.90. The molecule has 2 N–H and O–H groups in total. The molecular formula is C13H21N5O. The highest BCUT2D eigenvalue weighted by Gasteiger charge is 2.30. The van der Waals surface area contributed by atoms with E-state index in [0.29, 0.717) is 17.8 Å². The third kappa shape index (κ3) is 2.78. The third-order valence-corrected chi connectivity index (χ3v) is 4.07. The van der Waals surface area contributed by atoms with Crippen LogP contribution in [-0.2, 0) is 0 Å². The van der Waals surface area contributed by atoms with E-state index >= 15 is 0 Å². The number of H-pyrrole nitrogens is 1. The van der Waals surface area contributed by atoms with Crippen molar-refractivity contribution in [3.05, 3.63) is 11.6 Å². The Morgan fingerprint density at radius 1 is 1.26 bits per heavy atom. The van der Waals surface area contributed by atoms with Crippen LogP contribution in [0.3, 0.4) is 0 Å². The minimum absolute atomic E-state index is 0.0601. The fourth-order valence-electron chi connectivity index (χ4n) is 2.62. The number of nitrogens with zero attached hydrogens (tertiary/aromatic N) is 3. The molecule has 1 atom stereocenters. The van der Waals surface area contributed by atoms with Crippen LogP contribution >= 0.6 is 0 Å². The first-order valence-corrected chi connectivity index (χ1v) is 7.16. The Kier molecular flexibility index (Phi) is 3.50. The molecule has 1 amide bonds. The number of hydrogen-bond donors (Lipinski definition) is 2. The molecule has 2 fully saturated rings. The van der Waals surface area contributed by atoms with Crippen molar-refractivity contribution in [3.63, 3.8) is 0 Å². The summed E-state index contributed by atoms with van der Waals surface area (Å²) < 4.78 is 0. The Labute approximate surface area is 113 Å². The summed E-state index contributed by atoms with van der Waals surface area (Å²) in [4.78, 5) is 18.5. The topological polar surface area (TPSA) is 73.9 Å². The van der Waals surface area contributed by atoms with Gasteiger partial charge in [0.1, 0.15) is 5.82 Å². The molecule has 104 valence electrons. The third-order valence-electron chi connectivity index (χ3n) is 4.07. The summed E-state index contributed by atoms with van der Waals surface area (Å²) in [5.74, 6) is 1.64. The highest BCUT2D eigenvalue weighted by Crippen LogP contribution is 2.37. The quantitative estimate of drug-likeness (QED) is 0.849. The van der Waals surface area contributed by atoms with E-state index in [-0.39, 0.29) is 5.91 Å². The first kappa shape index (κ1) is 12.6. The van der Waals surface area contributed by atoms with Gasteiger partial charge in [-0.05, 0) is 45.2 Å². The van der Waals surface area contributed by atoms with Crippen LogP contribution in [0.4, 0.5) is 0 Å². The van der Waals surface area contributed by atoms with Crippen molar-refractivity contribution in [2.75, 3.05) is 20.1 Å². The van der Waals surface area contributed by atoms with Gasteiger partial charge in [0, 0.05) is 19.0 Å². The second kappa shape index (κ2) is 5.28. The van der Waals surface area contributed by atoms with Gasteiger partial charge in [-0.15, -0.1) is 5.10 Å². The maximum atomic E-state index is 12.4. The fourth-order valence-corrected chi connectivity index (χ4v) is 2.62. The van der Waals surface area contributed by atoms with Crippen LogP contribution in [0.2, 0.25) is 0 Å². The SMILES string of the molecule is CN(C(=O)c1n[nH]c(C2CC2)n1)C1CCCNCC1. The molecule has 1 unspecified atom stereocenters. The van der Waals surface area contributed by atoms with Gasteiger partial charge in [-0.25, -0.2) is 4.98 Å². The summed E-state index contributed by atoms with van der Waals surface area (Å²) in [7, 11) is 1.87. The molecule has 2 heterocycles. The van der Waals surface area contributed by atoms with Crippen LogP contribution in [0.5, 0.6) is 0 Å². The molecule has 1 saturated heterocycles. The predicted octanol–water partition coefficient (Wildman–Crippen LogP) is 0.896. The van der Waals surface area contributed by atoms with E-state index in [0.717, 1.165) is 51.0 Å². The summed E-state index contributed by atoms with van der Waals surface area (Å²) in [5.41, 5.74) is 0. The Morgan fingerprint density at radius 2 is 2.11 bits per heavy atom. The number of hydrogen-bond acceptors (Lipinski definition) is 4. The molecule has 2 aliphatic rings. The van der Waals surface area contributed by atoms with Gasteiger partial charge in [-0.3, -0.25) is 9.89 Å². The van der Waals surface area contributed by atoms with Crippen LogP contribution in [0.15, 0.2) is 0 Å². The summed E-state index contributed by atoms with van der Waals surface area (Å²) in [6.45, 7) is 2.02. The van der Waals surface area contributed by atoms with E-state index in [4.69, 9.17) is 0 Å². The fraction of sp³-hybridized carbons (Fsp3) is 0.769. The Morgan fingerprint density at radius 3 is 2.89 bits per heavy atom. The lowest BCUT2D eigenvalue weighted by molar-refractivity contribution is 0.0708. The van der Waals surface area contributed by atoms with Crippen molar-refractivity contribution in [2.24, 2.45) is 0 Å². The van der Waals surface area contributed by atoms with Crippen molar-refractivity contribution in [3.8, 4) is 0 Å². The number of amides is 1. The van der Waals surface area contributed by atoms with Gasteiger partial charge in [0.25, 0.3) is 5.91 Å². The van der Waals surface area contributed by atoms with Crippen molar-refractivity contribution in [1.29, 1.82) is 0 Å². The Hall–Kier alpha value is -1.43. The molecular weight excluding hydrogens is 242 g/mol. The summed E-state index contributed by atoms with van der Waals surface area (Å²) in [6, 6.07) is 0.297. The molecule has 1 aliphatic carbocycles. The molecule has 0 radical (unpaired) electrons. The average molecular weight is 263 g/mol. The minimum atomic E-state index is -0.0601. The van der Waals surface area contributed by atoms with E-state index in [2.05, 4.69) is 20.5 Å². The number of aromatic nitrogens is 3. The number of carbonyl (C=O) groups is 1. The van der Waals surface area contributed by atoms with Crippen molar-refractivity contribution >= 4 is 5.91 Å². The van der Waals surface area contributed by atoms with Gasteiger partial charge in [-0.2, -0.15) is 0 Å². The smallest absolute Gasteiger partial charge is 0.293 e. The van der Waals surface area contributed by atoms with Crippen molar-refractivity contribution in [1.82, 2.24) is 25.4 Å². The number of nitrogens with one attached hydrogen (secondary N) is 2. The Balaban J connectivity index is 1.66. The molecule has 6 nitrogen and oxygen atoms in total. The van der Waals surface area contributed by atoms with Gasteiger partial charge >= 0.3 is 0 Å². The number of aromatic amines is 1. The number of carbonyl (C=O) groups excluding carboxylic acids is 1. The van der Waals surface area contributed by atoms with Gasteiger partial charge < -0.3 is 10.2 Å². The summed E-state index contributed by atoms with van der Waals surface area (Å²) in [5, 5.41) is 10.3. The first-order valence-electron chi connectivity index (χ1n) is 7.16. The van der Waals surface area contributed by atoms with Gasteiger partial charge in [0.2, 0.25) is 5.82 Å². The molecule has 1 aromatic rings. The standard InChI is InChI=1S/C13H21N5O/c1-18(10-3-2-7-14-8-6-10)13(19)12-15-11(16-17-12)9-4-5-9/h9-10,14H,2-8H2,1H3,(H,15,16,17). The second-order valence-electron chi connectivity index (χ2n) is 5.57. The molecule has 19 heavy (non-hydrogen) atoms. The van der Waals surface area contributed by atoms with Gasteiger partial charge in [-0.1, -0.05) is 0 Å². The van der Waals surface area contributed by atoms with Crippen LogP contribution in [0.1, 0.15) is 54.5 Å². The maximum Gasteiger partial charge on any atom is 0.293 e. The van der Waals surface area contributed by atoms with Gasteiger partial charge in [0.15, 0.2) is 0 Å². The first-order chi connectivity index (χ1) is 9.25. The molecule has 1 saturated carbocycles. The maximum absolute atomic E-state index is 12.4. The van der Waals surface area contributed by atoms with Crippen LogP contribution in [0, 0.1) is 0 Å². The minimum Gasteiger partial charge on any atom is -0.336 e. The van der Waals surface area contributed by atoms with Gasteiger partial charge in [0.05, 0.1) is 0 Å². The van der Waals surface area contributed by atoms with Crippen LogP contribution < -0.4 is 5.32 Å². The van der Waals surface area contributed by atoms with E-state index < -0.39 is 0 Å². The molecule has 3 rings (SSSR count). The van der Waals surface area contributed by atoms with E-state index in [1.54, 1.807) is 0 Å².